The topological polar surface area (TPSA) is 64.3 Å². The van der Waals surface area contributed by atoms with E-state index in [0.717, 1.165) is 22.6 Å². The van der Waals surface area contributed by atoms with Gasteiger partial charge in [0.2, 0.25) is 0 Å². The maximum Gasteiger partial charge on any atom is 0.260 e. The second-order valence-electron chi connectivity index (χ2n) is 5.06. The van der Waals surface area contributed by atoms with E-state index >= 15 is 0 Å². The molecule has 0 saturated carbocycles. The van der Waals surface area contributed by atoms with E-state index in [1.807, 2.05) is 26.0 Å². The van der Waals surface area contributed by atoms with E-state index < -0.39 is 6.10 Å². The lowest BCUT2D eigenvalue weighted by Gasteiger charge is -2.20. The second kappa shape index (κ2) is 6.45. The highest BCUT2D eigenvalue weighted by Crippen LogP contribution is 2.31. The average Bonchev–Trinajstić information content (AvgIpc) is 2.33. The molecule has 0 bridgehead atoms. The lowest BCUT2D eigenvalue weighted by Crippen LogP contribution is -2.36. The smallest absolute Gasteiger partial charge is 0.260 e. The number of nitrogen functional groups attached to an aromatic ring is 1. The van der Waals surface area contributed by atoms with Crippen LogP contribution in [0.4, 0.5) is 5.69 Å². The Balaban J connectivity index is 2.99. The summed E-state index contributed by atoms with van der Waals surface area (Å²) in [6.45, 7) is 10.3. The van der Waals surface area contributed by atoms with Crippen LogP contribution >= 0.6 is 0 Å². The van der Waals surface area contributed by atoms with Gasteiger partial charge in [-0.1, -0.05) is 13.8 Å². The van der Waals surface area contributed by atoms with Gasteiger partial charge in [-0.3, -0.25) is 4.79 Å². The van der Waals surface area contributed by atoms with E-state index in [1.54, 1.807) is 6.92 Å². The normalized spacial score (nSPS) is 12.3. The van der Waals surface area contributed by atoms with Crippen molar-refractivity contribution in [1.82, 2.24) is 5.32 Å². The van der Waals surface area contributed by atoms with Crippen LogP contribution in [0.2, 0.25) is 0 Å². The van der Waals surface area contributed by atoms with Gasteiger partial charge in [-0.25, -0.2) is 0 Å². The Hall–Kier alpha value is -1.71. The molecule has 0 heterocycles. The molecule has 0 radical (unpaired) electrons. The van der Waals surface area contributed by atoms with Crippen molar-refractivity contribution >= 4 is 11.6 Å². The van der Waals surface area contributed by atoms with Crippen molar-refractivity contribution in [1.29, 1.82) is 0 Å². The molecule has 0 aliphatic rings. The summed E-state index contributed by atoms with van der Waals surface area (Å²) in [4.78, 5) is 11.7. The molecule has 0 saturated heterocycles. The lowest BCUT2D eigenvalue weighted by atomic mass is 9.99. The molecule has 0 aliphatic heterocycles. The van der Waals surface area contributed by atoms with E-state index in [9.17, 15) is 4.79 Å². The van der Waals surface area contributed by atoms with Crippen LogP contribution in [0.15, 0.2) is 12.1 Å². The van der Waals surface area contributed by atoms with E-state index in [4.69, 9.17) is 10.5 Å². The first-order valence-corrected chi connectivity index (χ1v) is 6.71. The zero-order valence-electron chi connectivity index (χ0n) is 12.4. The summed E-state index contributed by atoms with van der Waals surface area (Å²) in [5.41, 5.74) is 8.67. The molecular formula is C15H24N2O2. The fraction of sp³-hybridized carbons (Fsp3) is 0.533. The molecule has 19 heavy (non-hydrogen) atoms. The standard InChI is InChI=1S/C15H24N2O2/c1-6-17-15(18)11(5)19-14-7-10(4)13(16)8-12(14)9(2)3/h7-9,11H,6,16H2,1-5H3,(H,17,18). The summed E-state index contributed by atoms with van der Waals surface area (Å²) in [5, 5.41) is 2.75. The molecule has 4 heteroatoms. The molecule has 1 atom stereocenters. The average molecular weight is 264 g/mol. The van der Waals surface area contributed by atoms with Crippen LogP contribution in [0, 0.1) is 6.92 Å². The fourth-order valence-corrected chi connectivity index (χ4v) is 1.83. The van der Waals surface area contributed by atoms with Crippen LogP contribution in [-0.4, -0.2) is 18.6 Å². The van der Waals surface area contributed by atoms with E-state index in [-0.39, 0.29) is 5.91 Å². The number of carbonyl (C=O) groups excluding carboxylic acids is 1. The van der Waals surface area contributed by atoms with Crippen molar-refractivity contribution in [2.24, 2.45) is 0 Å². The zero-order valence-corrected chi connectivity index (χ0v) is 12.4. The minimum atomic E-state index is -0.513. The lowest BCUT2D eigenvalue weighted by molar-refractivity contribution is -0.127. The maximum absolute atomic E-state index is 11.7. The summed E-state index contributed by atoms with van der Waals surface area (Å²) in [5.74, 6) is 0.923. The second-order valence-corrected chi connectivity index (χ2v) is 5.06. The number of amides is 1. The number of hydrogen-bond donors (Lipinski definition) is 2. The molecule has 0 fully saturated rings. The number of hydrogen-bond acceptors (Lipinski definition) is 3. The number of nitrogens with two attached hydrogens (primary N) is 1. The van der Waals surface area contributed by atoms with Crippen LogP contribution < -0.4 is 15.8 Å². The fourth-order valence-electron chi connectivity index (χ4n) is 1.83. The minimum Gasteiger partial charge on any atom is -0.481 e. The Bertz CT molecular complexity index is 456. The Kier molecular flexibility index (Phi) is 5.21. The molecule has 0 aliphatic carbocycles. The molecule has 1 aromatic carbocycles. The van der Waals surface area contributed by atoms with E-state index in [0.29, 0.717) is 12.5 Å². The molecule has 1 rings (SSSR count). The summed E-state index contributed by atoms with van der Waals surface area (Å²) >= 11 is 0. The molecular weight excluding hydrogens is 240 g/mol. The zero-order chi connectivity index (χ0) is 14.6. The van der Waals surface area contributed by atoms with Crippen molar-refractivity contribution in [2.45, 2.75) is 46.6 Å². The highest BCUT2D eigenvalue weighted by molar-refractivity contribution is 5.80. The third-order valence-electron chi connectivity index (χ3n) is 3.04. The van der Waals surface area contributed by atoms with Gasteiger partial charge in [0.15, 0.2) is 6.10 Å². The Morgan fingerprint density at radius 2 is 2.00 bits per heavy atom. The van der Waals surface area contributed by atoms with Gasteiger partial charge in [-0.2, -0.15) is 0 Å². The quantitative estimate of drug-likeness (QED) is 0.803. The summed E-state index contributed by atoms with van der Waals surface area (Å²) in [6, 6.07) is 3.83. The van der Waals surface area contributed by atoms with Crippen LogP contribution in [0.3, 0.4) is 0 Å². The summed E-state index contributed by atoms with van der Waals surface area (Å²) < 4.78 is 5.79. The molecule has 1 unspecified atom stereocenters. The van der Waals surface area contributed by atoms with Gasteiger partial charge in [0.25, 0.3) is 5.91 Å². The largest absolute Gasteiger partial charge is 0.481 e. The number of anilines is 1. The van der Waals surface area contributed by atoms with Crippen molar-refractivity contribution in [2.75, 3.05) is 12.3 Å². The number of nitrogens with one attached hydrogen (secondary N) is 1. The predicted octanol–water partition coefficient (Wildman–Crippen LogP) is 2.60. The highest BCUT2D eigenvalue weighted by Gasteiger charge is 2.17. The minimum absolute atomic E-state index is 0.105. The molecule has 0 aromatic heterocycles. The van der Waals surface area contributed by atoms with Gasteiger partial charge < -0.3 is 15.8 Å². The van der Waals surface area contributed by atoms with Crippen molar-refractivity contribution in [3.05, 3.63) is 23.3 Å². The number of aryl methyl sites for hydroxylation is 1. The van der Waals surface area contributed by atoms with Crippen molar-refractivity contribution < 1.29 is 9.53 Å². The molecule has 106 valence electrons. The van der Waals surface area contributed by atoms with Crippen LogP contribution in [0.5, 0.6) is 5.75 Å². The Morgan fingerprint density at radius 1 is 1.37 bits per heavy atom. The maximum atomic E-state index is 11.7. The number of ether oxygens (including phenoxy) is 1. The monoisotopic (exact) mass is 264 g/mol. The highest BCUT2D eigenvalue weighted by atomic mass is 16.5. The number of carbonyl (C=O) groups is 1. The van der Waals surface area contributed by atoms with Gasteiger partial charge in [0.1, 0.15) is 5.75 Å². The third kappa shape index (κ3) is 3.88. The van der Waals surface area contributed by atoms with Gasteiger partial charge in [0.05, 0.1) is 0 Å². The number of benzene rings is 1. The SMILES string of the molecule is CCNC(=O)C(C)Oc1cc(C)c(N)cc1C(C)C. The van der Waals surface area contributed by atoms with Crippen molar-refractivity contribution in [3.8, 4) is 5.75 Å². The van der Waals surface area contributed by atoms with E-state index in [2.05, 4.69) is 19.2 Å². The first-order valence-electron chi connectivity index (χ1n) is 6.71. The van der Waals surface area contributed by atoms with Gasteiger partial charge in [-0.05, 0) is 49.9 Å². The molecule has 0 spiro atoms. The Morgan fingerprint density at radius 3 is 2.53 bits per heavy atom. The van der Waals surface area contributed by atoms with Crippen LogP contribution in [-0.2, 0) is 4.79 Å². The Labute approximate surface area is 115 Å². The first-order chi connectivity index (χ1) is 8.86. The summed E-state index contributed by atoms with van der Waals surface area (Å²) in [7, 11) is 0. The van der Waals surface area contributed by atoms with Crippen LogP contribution in [0.25, 0.3) is 0 Å². The van der Waals surface area contributed by atoms with Crippen LogP contribution in [0.1, 0.15) is 44.7 Å². The summed E-state index contributed by atoms with van der Waals surface area (Å²) in [6.07, 6.45) is -0.513. The van der Waals surface area contributed by atoms with Gasteiger partial charge in [0, 0.05) is 12.2 Å². The third-order valence-corrected chi connectivity index (χ3v) is 3.04. The van der Waals surface area contributed by atoms with E-state index in [1.165, 1.54) is 0 Å². The first kappa shape index (κ1) is 15.3. The molecule has 3 N–H and O–H groups in total. The molecule has 1 amide bonds. The molecule has 1 aromatic rings. The van der Waals surface area contributed by atoms with Crippen molar-refractivity contribution in [3.63, 3.8) is 0 Å². The predicted molar refractivity (Wildman–Crippen MR) is 78.5 cm³/mol. The van der Waals surface area contributed by atoms with Gasteiger partial charge in [-0.15, -0.1) is 0 Å². The number of likely N-dealkylation sites (N-methyl/N-ethyl adjacent to an activating group) is 1. The van der Waals surface area contributed by atoms with Gasteiger partial charge >= 0.3 is 0 Å². The number of rotatable bonds is 5. The molecule has 4 nitrogen and oxygen atoms in total.